The summed E-state index contributed by atoms with van der Waals surface area (Å²) >= 11 is 0. The van der Waals surface area contributed by atoms with Crippen LogP contribution < -0.4 is 9.47 Å². The molecule has 118 valence electrons. The first kappa shape index (κ1) is 15.9. The Labute approximate surface area is 129 Å². The molecule has 0 N–H and O–H groups in total. The van der Waals surface area contributed by atoms with Crippen molar-refractivity contribution in [3.63, 3.8) is 0 Å². The van der Waals surface area contributed by atoms with Crippen molar-refractivity contribution in [2.24, 2.45) is 0 Å². The van der Waals surface area contributed by atoms with Gasteiger partial charge in [0.1, 0.15) is 11.5 Å². The van der Waals surface area contributed by atoms with Crippen molar-refractivity contribution in [2.75, 3.05) is 40.4 Å². The van der Waals surface area contributed by atoms with E-state index in [1.165, 1.54) is 6.08 Å². The number of carbonyl (C=O) groups excluding carboxylic acids is 2. The Morgan fingerprint density at radius 3 is 2.45 bits per heavy atom. The predicted molar refractivity (Wildman–Crippen MR) is 82.8 cm³/mol. The maximum atomic E-state index is 12.2. The highest BCUT2D eigenvalue weighted by atomic mass is 16.5. The summed E-state index contributed by atoms with van der Waals surface area (Å²) in [6, 6.07) is 5.41. The standard InChI is InChI=1S/C16H20N2O4/c1-21-14-4-5-15(22-2)13(11-14)3-6-16(20)18-9-7-17(12-19)8-10-18/h3-6,11-12H,7-10H2,1-2H3/b6-3+. The van der Waals surface area contributed by atoms with E-state index in [-0.39, 0.29) is 5.91 Å². The zero-order chi connectivity index (χ0) is 15.9. The van der Waals surface area contributed by atoms with Gasteiger partial charge in [0, 0.05) is 37.8 Å². The third-order valence-electron chi connectivity index (χ3n) is 3.62. The second kappa shape index (κ2) is 7.49. The van der Waals surface area contributed by atoms with Crippen LogP contribution in [0, 0.1) is 0 Å². The maximum absolute atomic E-state index is 12.2. The Hall–Kier alpha value is -2.50. The molecular weight excluding hydrogens is 284 g/mol. The number of ether oxygens (including phenoxy) is 2. The summed E-state index contributed by atoms with van der Waals surface area (Å²) in [7, 11) is 3.17. The zero-order valence-electron chi connectivity index (χ0n) is 12.8. The van der Waals surface area contributed by atoms with E-state index in [2.05, 4.69) is 0 Å². The molecule has 2 amide bonds. The average molecular weight is 304 g/mol. The Morgan fingerprint density at radius 1 is 1.14 bits per heavy atom. The van der Waals surface area contributed by atoms with Gasteiger partial charge < -0.3 is 19.3 Å². The summed E-state index contributed by atoms with van der Waals surface area (Å²) in [5.74, 6) is 1.30. The van der Waals surface area contributed by atoms with Crippen LogP contribution in [0.3, 0.4) is 0 Å². The van der Waals surface area contributed by atoms with Gasteiger partial charge in [-0.05, 0) is 24.3 Å². The SMILES string of the molecule is COc1ccc(OC)c(/C=C/C(=O)N2CCN(C=O)CC2)c1. The van der Waals surface area contributed by atoms with Crippen LogP contribution in [0.15, 0.2) is 24.3 Å². The fourth-order valence-corrected chi connectivity index (χ4v) is 2.28. The Kier molecular flexibility index (Phi) is 5.41. The van der Waals surface area contributed by atoms with E-state index in [4.69, 9.17) is 9.47 Å². The number of hydrogen-bond acceptors (Lipinski definition) is 4. The van der Waals surface area contributed by atoms with Crippen LogP contribution in [0.5, 0.6) is 11.5 Å². The molecule has 0 aromatic heterocycles. The van der Waals surface area contributed by atoms with Crippen LogP contribution in [0.4, 0.5) is 0 Å². The lowest BCUT2D eigenvalue weighted by molar-refractivity contribution is -0.130. The molecule has 1 aromatic carbocycles. The second-order valence-corrected chi connectivity index (χ2v) is 4.91. The van der Waals surface area contributed by atoms with Crippen molar-refractivity contribution < 1.29 is 19.1 Å². The zero-order valence-corrected chi connectivity index (χ0v) is 12.8. The molecule has 1 fully saturated rings. The summed E-state index contributed by atoms with van der Waals surface area (Å²) in [5, 5.41) is 0. The van der Waals surface area contributed by atoms with Gasteiger partial charge in [-0.25, -0.2) is 0 Å². The summed E-state index contributed by atoms with van der Waals surface area (Å²) < 4.78 is 10.5. The number of amides is 2. The van der Waals surface area contributed by atoms with Crippen molar-refractivity contribution in [1.82, 2.24) is 9.80 Å². The normalized spacial score (nSPS) is 15.0. The predicted octanol–water partition coefficient (Wildman–Crippen LogP) is 1.02. The first-order chi connectivity index (χ1) is 10.7. The van der Waals surface area contributed by atoms with E-state index in [9.17, 15) is 9.59 Å². The van der Waals surface area contributed by atoms with Crippen molar-refractivity contribution in [1.29, 1.82) is 0 Å². The molecule has 0 radical (unpaired) electrons. The van der Waals surface area contributed by atoms with Crippen LogP contribution in [-0.2, 0) is 9.59 Å². The van der Waals surface area contributed by atoms with Gasteiger partial charge in [-0.15, -0.1) is 0 Å². The molecule has 2 rings (SSSR count). The van der Waals surface area contributed by atoms with Gasteiger partial charge in [-0.2, -0.15) is 0 Å². The molecule has 0 aliphatic carbocycles. The van der Waals surface area contributed by atoms with Crippen molar-refractivity contribution in [3.8, 4) is 11.5 Å². The van der Waals surface area contributed by atoms with Crippen LogP contribution in [-0.4, -0.2) is 62.5 Å². The van der Waals surface area contributed by atoms with Crippen LogP contribution in [0.2, 0.25) is 0 Å². The van der Waals surface area contributed by atoms with Gasteiger partial charge in [-0.3, -0.25) is 9.59 Å². The summed E-state index contributed by atoms with van der Waals surface area (Å²) in [6.45, 7) is 2.26. The van der Waals surface area contributed by atoms with Crippen molar-refractivity contribution in [3.05, 3.63) is 29.8 Å². The molecule has 1 saturated heterocycles. The second-order valence-electron chi connectivity index (χ2n) is 4.91. The summed E-state index contributed by atoms with van der Waals surface area (Å²) in [6.07, 6.45) is 4.06. The topological polar surface area (TPSA) is 59.1 Å². The third kappa shape index (κ3) is 3.78. The van der Waals surface area contributed by atoms with E-state index >= 15 is 0 Å². The molecule has 1 aliphatic rings. The number of nitrogens with zero attached hydrogens (tertiary/aromatic N) is 2. The Balaban J connectivity index is 2.05. The lowest BCUT2D eigenvalue weighted by Crippen LogP contribution is -2.47. The molecule has 22 heavy (non-hydrogen) atoms. The van der Waals surface area contributed by atoms with Crippen molar-refractivity contribution >= 4 is 18.4 Å². The minimum absolute atomic E-state index is 0.0737. The minimum atomic E-state index is -0.0737. The lowest BCUT2D eigenvalue weighted by Gasteiger charge is -2.31. The molecule has 6 heteroatoms. The van der Waals surface area contributed by atoms with Gasteiger partial charge in [-0.1, -0.05) is 0 Å². The fourth-order valence-electron chi connectivity index (χ4n) is 2.28. The largest absolute Gasteiger partial charge is 0.497 e. The van der Waals surface area contributed by atoms with Gasteiger partial charge >= 0.3 is 0 Å². The lowest BCUT2D eigenvalue weighted by atomic mass is 10.1. The van der Waals surface area contributed by atoms with E-state index in [0.717, 1.165) is 12.0 Å². The fraction of sp³-hybridized carbons (Fsp3) is 0.375. The number of methoxy groups -OCH3 is 2. The minimum Gasteiger partial charge on any atom is -0.497 e. The number of piperazine rings is 1. The highest BCUT2D eigenvalue weighted by Gasteiger charge is 2.18. The number of carbonyl (C=O) groups is 2. The molecule has 1 heterocycles. The summed E-state index contributed by atoms with van der Waals surface area (Å²) in [4.78, 5) is 26.2. The molecule has 0 bridgehead atoms. The molecule has 6 nitrogen and oxygen atoms in total. The van der Waals surface area contributed by atoms with Crippen LogP contribution >= 0.6 is 0 Å². The molecule has 0 atom stereocenters. The summed E-state index contributed by atoms with van der Waals surface area (Å²) in [5.41, 5.74) is 0.779. The van der Waals surface area contributed by atoms with Gasteiger partial charge in [0.25, 0.3) is 0 Å². The van der Waals surface area contributed by atoms with Crippen LogP contribution in [0.25, 0.3) is 6.08 Å². The number of rotatable bonds is 5. The van der Waals surface area contributed by atoms with E-state index in [1.54, 1.807) is 42.2 Å². The molecule has 1 aromatic rings. The number of hydrogen-bond donors (Lipinski definition) is 0. The first-order valence-electron chi connectivity index (χ1n) is 7.06. The van der Waals surface area contributed by atoms with Gasteiger partial charge in [0.15, 0.2) is 0 Å². The van der Waals surface area contributed by atoms with E-state index < -0.39 is 0 Å². The monoisotopic (exact) mass is 304 g/mol. The van der Waals surface area contributed by atoms with Crippen molar-refractivity contribution in [2.45, 2.75) is 0 Å². The quantitative estimate of drug-likeness (QED) is 0.602. The van der Waals surface area contributed by atoms with Gasteiger partial charge in [0.2, 0.25) is 12.3 Å². The van der Waals surface area contributed by atoms with Crippen LogP contribution in [0.1, 0.15) is 5.56 Å². The highest BCUT2D eigenvalue weighted by molar-refractivity contribution is 5.92. The van der Waals surface area contributed by atoms with Gasteiger partial charge in [0.05, 0.1) is 14.2 Å². The first-order valence-corrected chi connectivity index (χ1v) is 7.06. The van der Waals surface area contributed by atoms with E-state index in [0.29, 0.717) is 37.7 Å². The highest BCUT2D eigenvalue weighted by Crippen LogP contribution is 2.25. The molecule has 0 unspecified atom stereocenters. The molecule has 0 spiro atoms. The Bertz CT molecular complexity index is 563. The molecule has 0 saturated carbocycles. The van der Waals surface area contributed by atoms with E-state index in [1.807, 2.05) is 6.07 Å². The smallest absolute Gasteiger partial charge is 0.246 e. The Morgan fingerprint density at radius 2 is 1.86 bits per heavy atom. The maximum Gasteiger partial charge on any atom is 0.246 e. The molecule has 1 aliphatic heterocycles. The molecular formula is C16H20N2O4. The average Bonchev–Trinajstić information content (AvgIpc) is 2.59. The number of benzene rings is 1. The third-order valence-corrected chi connectivity index (χ3v) is 3.62.